The van der Waals surface area contributed by atoms with Crippen LogP contribution in [0.15, 0.2) is 55.1 Å². The molecule has 1 fully saturated rings. The zero-order valence-electron chi connectivity index (χ0n) is 17.2. The third kappa shape index (κ3) is 6.08. The third-order valence-corrected chi connectivity index (χ3v) is 4.45. The van der Waals surface area contributed by atoms with Crippen molar-refractivity contribution in [1.29, 1.82) is 0 Å². The smallest absolute Gasteiger partial charge is 0.338 e. The third-order valence-electron chi connectivity index (χ3n) is 4.45. The monoisotopic (exact) mass is 424 g/mol. The highest BCUT2D eigenvalue weighted by molar-refractivity contribution is 6.04. The molecular formula is C23H24N2O6. The average Bonchev–Trinajstić information content (AvgIpc) is 3.60. The maximum absolute atomic E-state index is 12.3. The molecule has 31 heavy (non-hydrogen) atoms. The standard InChI is InChI=1S/C23H24N2O6/c1-3-12-30-19-11-8-15(13-20(19)29-2)23(28)31-14-21(26)25-18-7-5-4-6-17(18)22(27)24-16-9-10-16/h3-8,11,13,16H,1,9-10,12,14H2,2H3,(H,24,27)(H,25,26). The van der Waals surface area contributed by atoms with Crippen molar-refractivity contribution in [3.05, 3.63) is 66.2 Å². The summed E-state index contributed by atoms with van der Waals surface area (Å²) in [5.41, 5.74) is 0.917. The number of benzene rings is 2. The Morgan fingerprint density at radius 2 is 1.90 bits per heavy atom. The molecule has 3 rings (SSSR count). The van der Waals surface area contributed by atoms with Crippen molar-refractivity contribution in [2.75, 3.05) is 25.6 Å². The van der Waals surface area contributed by atoms with Crippen molar-refractivity contribution in [3.63, 3.8) is 0 Å². The first kappa shape index (κ1) is 21.9. The number of anilines is 1. The summed E-state index contributed by atoms with van der Waals surface area (Å²) in [7, 11) is 1.45. The fourth-order valence-corrected chi connectivity index (χ4v) is 2.74. The number of carbonyl (C=O) groups excluding carboxylic acids is 3. The number of amides is 2. The lowest BCUT2D eigenvalue weighted by atomic mass is 10.1. The first-order chi connectivity index (χ1) is 15.0. The molecule has 2 aromatic carbocycles. The van der Waals surface area contributed by atoms with E-state index in [-0.39, 0.29) is 17.5 Å². The van der Waals surface area contributed by atoms with Crippen LogP contribution in [0.2, 0.25) is 0 Å². The Bertz CT molecular complexity index is 984. The van der Waals surface area contributed by atoms with Crippen molar-refractivity contribution in [1.82, 2.24) is 5.32 Å². The Hall–Kier alpha value is -3.81. The minimum atomic E-state index is -0.691. The van der Waals surface area contributed by atoms with E-state index in [4.69, 9.17) is 14.2 Å². The van der Waals surface area contributed by atoms with Crippen molar-refractivity contribution >= 4 is 23.5 Å². The highest BCUT2D eigenvalue weighted by atomic mass is 16.5. The number of para-hydroxylation sites is 1. The summed E-state index contributed by atoms with van der Waals surface area (Å²) in [6.45, 7) is 3.36. The fourth-order valence-electron chi connectivity index (χ4n) is 2.74. The van der Waals surface area contributed by atoms with Crippen LogP contribution in [0.25, 0.3) is 0 Å². The zero-order chi connectivity index (χ0) is 22.2. The maximum Gasteiger partial charge on any atom is 0.338 e. The molecule has 2 N–H and O–H groups in total. The number of hydrogen-bond donors (Lipinski definition) is 2. The molecule has 0 bridgehead atoms. The van der Waals surface area contributed by atoms with Crippen LogP contribution in [-0.2, 0) is 9.53 Å². The predicted molar refractivity (Wildman–Crippen MR) is 115 cm³/mol. The Morgan fingerprint density at radius 3 is 2.61 bits per heavy atom. The minimum absolute atomic E-state index is 0.197. The lowest BCUT2D eigenvalue weighted by Gasteiger charge is -2.12. The number of ether oxygens (including phenoxy) is 3. The molecule has 0 aromatic heterocycles. The lowest BCUT2D eigenvalue weighted by molar-refractivity contribution is -0.119. The van der Waals surface area contributed by atoms with Gasteiger partial charge in [-0.3, -0.25) is 9.59 Å². The van der Waals surface area contributed by atoms with Gasteiger partial charge in [0.25, 0.3) is 11.8 Å². The molecule has 0 unspecified atom stereocenters. The molecule has 0 radical (unpaired) electrons. The second-order valence-corrected chi connectivity index (χ2v) is 6.88. The molecule has 0 spiro atoms. The second-order valence-electron chi connectivity index (χ2n) is 6.88. The number of esters is 1. The summed E-state index contributed by atoms with van der Waals surface area (Å²) in [5, 5.41) is 5.50. The molecule has 1 aliphatic rings. The van der Waals surface area contributed by atoms with Crippen LogP contribution in [0.3, 0.4) is 0 Å². The molecule has 8 heteroatoms. The summed E-state index contributed by atoms with van der Waals surface area (Å²) >= 11 is 0. The van der Waals surface area contributed by atoms with E-state index in [1.165, 1.54) is 19.2 Å². The summed E-state index contributed by atoms with van der Waals surface area (Å²) in [5.74, 6) is -0.684. The van der Waals surface area contributed by atoms with Crippen molar-refractivity contribution < 1.29 is 28.6 Å². The quantitative estimate of drug-likeness (QED) is 0.449. The van der Waals surface area contributed by atoms with Crippen LogP contribution in [0.5, 0.6) is 11.5 Å². The van der Waals surface area contributed by atoms with Gasteiger partial charge in [-0.15, -0.1) is 0 Å². The van der Waals surface area contributed by atoms with E-state index in [1.807, 2.05) is 0 Å². The summed E-state index contributed by atoms with van der Waals surface area (Å²) in [6.07, 6.45) is 3.51. The fraction of sp³-hybridized carbons (Fsp3) is 0.261. The normalized spacial score (nSPS) is 12.4. The zero-order valence-corrected chi connectivity index (χ0v) is 17.2. The SMILES string of the molecule is C=CCOc1ccc(C(=O)OCC(=O)Nc2ccccc2C(=O)NC2CC2)cc1OC. The Balaban J connectivity index is 1.58. The van der Waals surface area contributed by atoms with Gasteiger partial charge in [-0.1, -0.05) is 24.8 Å². The van der Waals surface area contributed by atoms with Crippen LogP contribution in [0.1, 0.15) is 33.6 Å². The van der Waals surface area contributed by atoms with E-state index in [2.05, 4.69) is 17.2 Å². The van der Waals surface area contributed by atoms with Gasteiger partial charge in [-0.25, -0.2) is 4.79 Å². The molecular weight excluding hydrogens is 400 g/mol. The highest BCUT2D eigenvalue weighted by Crippen LogP contribution is 2.28. The van der Waals surface area contributed by atoms with Gasteiger partial charge in [0.2, 0.25) is 0 Å². The van der Waals surface area contributed by atoms with Crippen molar-refractivity contribution in [2.24, 2.45) is 0 Å². The van der Waals surface area contributed by atoms with Crippen LogP contribution < -0.4 is 20.1 Å². The van der Waals surface area contributed by atoms with E-state index >= 15 is 0 Å². The first-order valence-corrected chi connectivity index (χ1v) is 9.80. The van der Waals surface area contributed by atoms with Crippen LogP contribution in [0, 0.1) is 0 Å². The highest BCUT2D eigenvalue weighted by Gasteiger charge is 2.25. The van der Waals surface area contributed by atoms with Gasteiger partial charge >= 0.3 is 5.97 Å². The summed E-state index contributed by atoms with van der Waals surface area (Å²) in [6, 6.07) is 11.4. The summed E-state index contributed by atoms with van der Waals surface area (Å²) in [4.78, 5) is 36.9. The van der Waals surface area contributed by atoms with Crippen LogP contribution >= 0.6 is 0 Å². The van der Waals surface area contributed by atoms with E-state index < -0.39 is 18.5 Å². The second kappa shape index (κ2) is 10.3. The Morgan fingerprint density at radius 1 is 1.13 bits per heavy atom. The average molecular weight is 424 g/mol. The van der Waals surface area contributed by atoms with Crippen LogP contribution in [0.4, 0.5) is 5.69 Å². The van der Waals surface area contributed by atoms with E-state index in [9.17, 15) is 14.4 Å². The van der Waals surface area contributed by atoms with Crippen molar-refractivity contribution in [2.45, 2.75) is 18.9 Å². The number of rotatable bonds is 10. The molecule has 1 aliphatic carbocycles. The molecule has 0 aliphatic heterocycles. The maximum atomic E-state index is 12.3. The first-order valence-electron chi connectivity index (χ1n) is 9.80. The summed E-state index contributed by atoms with van der Waals surface area (Å²) < 4.78 is 15.8. The molecule has 0 saturated heterocycles. The Kier molecular flexibility index (Phi) is 7.26. The van der Waals surface area contributed by atoms with Gasteiger partial charge in [0.05, 0.1) is 23.9 Å². The van der Waals surface area contributed by atoms with Gasteiger partial charge in [0.15, 0.2) is 18.1 Å². The molecule has 1 saturated carbocycles. The Labute approximate surface area is 180 Å². The van der Waals surface area contributed by atoms with Gasteiger partial charge in [0.1, 0.15) is 6.61 Å². The lowest BCUT2D eigenvalue weighted by Crippen LogP contribution is -2.28. The van der Waals surface area contributed by atoms with E-state index in [0.717, 1.165) is 12.8 Å². The minimum Gasteiger partial charge on any atom is -0.493 e. The van der Waals surface area contributed by atoms with Gasteiger partial charge in [0, 0.05) is 6.04 Å². The number of hydrogen-bond acceptors (Lipinski definition) is 6. The molecule has 2 amide bonds. The van der Waals surface area contributed by atoms with Crippen molar-refractivity contribution in [3.8, 4) is 11.5 Å². The van der Waals surface area contributed by atoms with E-state index in [0.29, 0.717) is 29.4 Å². The molecule has 2 aromatic rings. The number of methoxy groups -OCH3 is 1. The largest absolute Gasteiger partial charge is 0.493 e. The van der Waals surface area contributed by atoms with Gasteiger partial charge in [-0.2, -0.15) is 0 Å². The van der Waals surface area contributed by atoms with Crippen LogP contribution in [-0.4, -0.2) is 44.1 Å². The molecule has 0 heterocycles. The number of nitrogens with one attached hydrogen (secondary N) is 2. The number of carbonyl (C=O) groups is 3. The molecule has 0 atom stereocenters. The molecule has 162 valence electrons. The molecule has 8 nitrogen and oxygen atoms in total. The van der Waals surface area contributed by atoms with Gasteiger partial charge in [-0.05, 0) is 43.2 Å². The topological polar surface area (TPSA) is 103 Å². The van der Waals surface area contributed by atoms with Gasteiger partial charge < -0.3 is 24.8 Å². The van der Waals surface area contributed by atoms with E-state index in [1.54, 1.807) is 36.4 Å². The predicted octanol–water partition coefficient (Wildman–Crippen LogP) is 2.95.